The van der Waals surface area contributed by atoms with Gasteiger partial charge in [0, 0.05) is 5.54 Å². The van der Waals surface area contributed by atoms with Gasteiger partial charge in [0.05, 0.1) is 0 Å². The van der Waals surface area contributed by atoms with Crippen LogP contribution in [0, 0.1) is 5.41 Å². The van der Waals surface area contributed by atoms with Crippen LogP contribution in [0.2, 0.25) is 0 Å². The van der Waals surface area contributed by atoms with Crippen molar-refractivity contribution in [1.29, 1.82) is 0 Å². The monoisotopic (exact) mass is 220 g/mol. The van der Waals surface area contributed by atoms with Crippen molar-refractivity contribution >= 4 is 0 Å². The predicted octanol–water partition coefficient (Wildman–Crippen LogP) is 3.60. The number of benzene rings is 1. The molecule has 0 amide bonds. The molecule has 1 aliphatic carbocycles. The van der Waals surface area contributed by atoms with Gasteiger partial charge in [0.25, 0.3) is 0 Å². The van der Waals surface area contributed by atoms with Crippen LogP contribution in [0.5, 0.6) is 0 Å². The summed E-state index contributed by atoms with van der Waals surface area (Å²) in [7, 11) is 0. The van der Waals surface area contributed by atoms with Gasteiger partial charge in [0.15, 0.2) is 0 Å². The maximum Gasteiger partial charge on any atom is 0.0461 e. The van der Waals surface area contributed by atoms with E-state index in [2.05, 4.69) is 44.2 Å². The molecule has 2 nitrogen and oxygen atoms in total. The zero-order valence-electron chi connectivity index (χ0n) is 10.5. The first kappa shape index (κ1) is 13.2. The number of nitrogens with two attached hydrogens (primary N) is 1. The zero-order valence-corrected chi connectivity index (χ0v) is 10.5. The molecule has 0 saturated heterocycles. The molecule has 0 aromatic heterocycles. The normalized spacial score (nSPS) is 28.2. The van der Waals surface area contributed by atoms with E-state index in [0.717, 1.165) is 6.42 Å². The van der Waals surface area contributed by atoms with E-state index in [-0.39, 0.29) is 17.1 Å². The Morgan fingerprint density at radius 1 is 1.00 bits per heavy atom. The lowest BCUT2D eigenvalue weighted by atomic mass is 9.61. The molecule has 1 fully saturated rings. The highest BCUT2D eigenvalue weighted by Crippen LogP contribution is 2.48. The molecule has 1 unspecified atom stereocenters. The molecule has 90 valence electrons. The van der Waals surface area contributed by atoms with Crippen LogP contribution < -0.4 is 11.9 Å². The summed E-state index contributed by atoms with van der Waals surface area (Å²) in [6.45, 7) is 4.61. The van der Waals surface area contributed by atoms with Crippen molar-refractivity contribution in [3.05, 3.63) is 35.9 Å². The summed E-state index contributed by atoms with van der Waals surface area (Å²) >= 11 is 0. The molecule has 1 atom stereocenters. The van der Waals surface area contributed by atoms with Gasteiger partial charge >= 0.3 is 0 Å². The second-order valence-electron chi connectivity index (χ2n) is 5.43. The molecule has 1 aromatic carbocycles. The van der Waals surface area contributed by atoms with E-state index < -0.39 is 0 Å². The second-order valence-corrected chi connectivity index (χ2v) is 5.43. The highest BCUT2D eigenvalue weighted by Gasteiger charge is 2.44. The fourth-order valence-corrected chi connectivity index (χ4v) is 2.80. The third-order valence-electron chi connectivity index (χ3n) is 4.12. The molecule has 1 aliphatic rings. The van der Waals surface area contributed by atoms with E-state index in [0.29, 0.717) is 0 Å². The van der Waals surface area contributed by atoms with E-state index in [4.69, 9.17) is 5.73 Å². The number of hydrogen-bond donors (Lipinski definition) is 2. The molecule has 1 aromatic rings. The third kappa shape index (κ3) is 2.00. The van der Waals surface area contributed by atoms with Gasteiger partial charge in [-0.05, 0) is 23.8 Å². The minimum atomic E-state index is -0.132. The fraction of sp³-hybridized carbons (Fsp3) is 0.571. The summed E-state index contributed by atoms with van der Waals surface area (Å²) in [6, 6.07) is 10.6. The smallest absolute Gasteiger partial charge is 0.0461 e. The molecule has 16 heavy (non-hydrogen) atoms. The Balaban J connectivity index is 0.00000128. The molecule has 1 saturated carbocycles. The van der Waals surface area contributed by atoms with Crippen LogP contribution in [0.1, 0.15) is 45.1 Å². The Hall–Kier alpha value is -0.860. The van der Waals surface area contributed by atoms with Crippen LogP contribution >= 0.6 is 0 Å². The van der Waals surface area contributed by atoms with E-state index in [9.17, 15) is 0 Å². The van der Waals surface area contributed by atoms with Crippen molar-refractivity contribution in [3.63, 3.8) is 0 Å². The van der Waals surface area contributed by atoms with Gasteiger partial charge in [0.1, 0.15) is 0 Å². The first-order valence-corrected chi connectivity index (χ1v) is 5.91. The predicted molar refractivity (Wildman–Crippen MR) is 69.6 cm³/mol. The van der Waals surface area contributed by atoms with Gasteiger partial charge in [-0.2, -0.15) is 0 Å². The third-order valence-corrected chi connectivity index (χ3v) is 4.12. The summed E-state index contributed by atoms with van der Waals surface area (Å²) < 4.78 is 0. The number of rotatable bonds is 1. The minimum absolute atomic E-state index is 0. The van der Waals surface area contributed by atoms with Gasteiger partial charge < -0.3 is 11.9 Å². The van der Waals surface area contributed by atoms with E-state index in [1.54, 1.807) is 0 Å². The van der Waals surface area contributed by atoms with Crippen LogP contribution in [0.4, 0.5) is 0 Å². The Morgan fingerprint density at radius 2 is 1.56 bits per heavy atom. The van der Waals surface area contributed by atoms with E-state index >= 15 is 0 Å². The van der Waals surface area contributed by atoms with Crippen molar-refractivity contribution in [3.8, 4) is 0 Å². The largest absolute Gasteiger partial charge is 0.344 e. The summed E-state index contributed by atoms with van der Waals surface area (Å²) in [6.07, 6.45) is 4.93. The van der Waals surface area contributed by atoms with Crippen LogP contribution in [0.3, 0.4) is 0 Å². The van der Waals surface area contributed by atoms with Gasteiger partial charge in [-0.3, -0.25) is 0 Å². The fourth-order valence-electron chi connectivity index (χ4n) is 2.80. The van der Waals surface area contributed by atoms with E-state index in [1.807, 2.05) is 0 Å². The topological polar surface area (TPSA) is 61.0 Å². The summed E-state index contributed by atoms with van der Waals surface area (Å²) in [5.74, 6) is 0. The van der Waals surface area contributed by atoms with Gasteiger partial charge in [-0.1, -0.05) is 57.0 Å². The van der Waals surface area contributed by atoms with Gasteiger partial charge in [-0.25, -0.2) is 0 Å². The van der Waals surface area contributed by atoms with Crippen LogP contribution in [-0.2, 0) is 5.54 Å². The van der Waals surface area contributed by atoms with Crippen molar-refractivity contribution in [2.75, 3.05) is 0 Å². The highest BCUT2D eigenvalue weighted by atomic mass is 14.8. The maximum atomic E-state index is 6.66. The molecular formula is C14H24N2. The van der Waals surface area contributed by atoms with Crippen molar-refractivity contribution in [2.45, 2.75) is 45.1 Å². The Bertz CT molecular complexity index is 332. The SMILES string of the molecule is CC1(C)CCCCC1(N)c1ccccc1.N. The molecule has 0 radical (unpaired) electrons. The van der Waals surface area contributed by atoms with Crippen molar-refractivity contribution < 1.29 is 0 Å². The minimum Gasteiger partial charge on any atom is -0.344 e. The molecule has 2 heteroatoms. The Kier molecular flexibility index (Phi) is 3.76. The summed E-state index contributed by atoms with van der Waals surface area (Å²) in [4.78, 5) is 0. The van der Waals surface area contributed by atoms with Crippen molar-refractivity contribution in [2.24, 2.45) is 11.1 Å². The van der Waals surface area contributed by atoms with Crippen LogP contribution in [-0.4, -0.2) is 0 Å². The summed E-state index contributed by atoms with van der Waals surface area (Å²) in [5, 5.41) is 0. The lowest BCUT2D eigenvalue weighted by Gasteiger charge is -2.48. The molecule has 0 bridgehead atoms. The standard InChI is InChI=1S/C14H21N.H3N/c1-13(2)10-6-7-11-14(13,15)12-8-4-3-5-9-12;/h3-5,8-9H,6-7,10-11,15H2,1-2H3;1H3. The average molecular weight is 220 g/mol. The lowest BCUT2D eigenvalue weighted by Crippen LogP contribution is -2.51. The second kappa shape index (κ2) is 4.56. The van der Waals surface area contributed by atoms with E-state index in [1.165, 1.54) is 24.8 Å². The Labute approximate surface area is 98.8 Å². The first-order chi connectivity index (χ1) is 7.06. The molecule has 5 N–H and O–H groups in total. The quantitative estimate of drug-likeness (QED) is 0.759. The Morgan fingerprint density at radius 3 is 2.12 bits per heavy atom. The first-order valence-electron chi connectivity index (χ1n) is 5.91. The van der Waals surface area contributed by atoms with Gasteiger partial charge in [0.2, 0.25) is 0 Å². The molecule has 2 rings (SSSR count). The molecule has 0 aliphatic heterocycles. The molecular weight excluding hydrogens is 196 g/mol. The van der Waals surface area contributed by atoms with Crippen molar-refractivity contribution in [1.82, 2.24) is 6.15 Å². The maximum absolute atomic E-state index is 6.66. The van der Waals surface area contributed by atoms with Crippen LogP contribution in [0.15, 0.2) is 30.3 Å². The highest BCUT2D eigenvalue weighted by molar-refractivity contribution is 5.27. The lowest BCUT2D eigenvalue weighted by molar-refractivity contribution is 0.0978. The van der Waals surface area contributed by atoms with Gasteiger partial charge in [-0.15, -0.1) is 0 Å². The molecule has 0 spiro atoms. The summed E-state index contributed by atoms with van der Waals surface area (Å²) in [5.41, 5.74) is 8.04. The van der Waals surface area contributed by atoms with Crippen LogP contribution in [0.25, 0.3) is 0 Å². The number of hydrogen-bond acceptors (Lipinski definition) is 2. The average Bonchev–Trinajstić information content (AvgIpc) is 2.24. The zero-order chi connectivity index (χ0) is 10.9. The molecule has 0 heterocycles.